The Labute approximate surface area is 531 Å². The molecular weight excluding hydrogens is 1140 g/mol. The van der Waals surface area contributed by atoms with Crippen LogP contribution in [-0.2, 0) is 41.8 Å². The molecule has 18 heteroatoms. The molecule has 0 saturated carbocycles. The quantitative estimate of drug-likeness (QED) is 0.0246. The zero-order valence-corrected chi connectivity index (χ0v) is 53.1. The molecule has 2 aliphatic heterocycles. The monoisotopic (exact) mass is 1230 g/mol. The summed E-state index contributed by atoms with van der Waals surface area (Å²) in [6.07, 6.45) is 1.55. The van der Waals surface area contributed by atoms with E-state index in [1.54, 1.807) is 0 Å². The van der Waals surface area contributed by atoms with Crippen LogP contribution in [0.15, 0.2) is 182 Å². The molecule has 2 aliphatic rings. The van der Waals surface area contributed by atoms with Gasteiger partial charge in [-0.05, 0) is 113 Å². The zero-order valence-electron chi connectivity index (χ0n) is 53.1. The predicted octanol–water partition coefficient (Wildman–Crippen LogP) is 11.2. The molecule has 0 unspecified atom stereocenters. The van der Waals surface area contributed by atoms with Crippen LogP contribution in [0.4, 0.5) is 19.2 Å². The highest BCUT2D eigenvalue weighted by molar-refractivity contribution is 5.83. The minimum absolute atomic E-state index is 0.00879. The van der Waals surface area contributed by atoms with Crippen molar-refractivity contribution in [3.8, 4) is 0 Å². The van der Waals surface area contributed by atoms with Crippen molar-refractivity contribution < 1.29 is 47.7 Å². The van der Waals surface area contributed by atoms with Gasteiger partial charge in [0.25, 0.3) is 0 Å². The maximum Gasteiger partial charge on any atom is 0.407 e. The fourth-order valence-electron chi connectivity index (χ4n) is 10.8. The van der Waals surface area contributed by atoms with Gasteiger partial charge in [0.2, 0.25) is 11.8 Å². The first kappa shape index (κ1) is 68.7. The second kappa shape index (κ2) is 35.5. The fourth-order valence-corrected chi connectivity index (χ4v) is 10.8. The number of alkyl carbamates (subject to hydrolysis) is 4. The number of carbonyl (C=O) groups is 6. The lowest BCUT2D eigenvalue weighted by atomic mass is 9.90. The van der Waals surface area contributed by atoms with Crippen molar-refractivity contribution in [1.82, 2.24) is 41.7 Å². The average molecular weight is 1230 g/mol. The van der Waals surface area contributed by atoms with Gasteiger partial charge in [0.05, 0.1) is 12.1 Å². The second-order valence-electron chi connectivity index (χ2n) is 24.8. The number of benzene rings is 6. The third kappa shape index (κ3) is 24.3. The van der Waals surface area contributed by atoms with E-state index in [-0.39, 0.29) is 48.9 Å². The number of amides is 6. The van der Waals surface area contributed by atoms with Gasteiger partial charge in [0.1, 0.15) is 24.4 Å². The van der Waals surface area contributed by atoms with E-state index >= 15 is 0 Å². The van der Waals surface area contributed by atoms with Gasteiger partial charge in [-0.1, -0.05) is 182 Å². The Bertz CT molecular complexity index is 2830. The van der Waals surface area contributed by atoms with E-state index in [2.05, 4.69) is 80.4 Å². The molecule has 0 bridgehead atoms. The molecule has 2 saturated heterocycles. The van der Waals surface area contributed by atoms with E-state index in [0.717, 1.165) is 33.4 Å². The van der Waals surface area contributed by atoms with E-state index in [9.17, 15) is 28.8 Å². The van der Waals surface area contributed by atoms with Crippen LogP contribution in [0.25, 0.3) is 0 Å². The number of nitrogens with one attached hydrogen (secondary N) is 6. The second-order valence-corrected chi connectivity index (χ2v) is 24.8. The molecular formula is C72H92N8O10. The van der Waals surface area contributed by atoms with Crippen LogP contribution >= 0.6 is 0 Å². The molecule has 6 amide bonds. The Kier molecular flexibility index (Phi) is 27.1. The summed E-state index contributed by atoms with van der Waals surface area (Å²) >= 11 is 0. The zero-order chi connectivity index (χ0) is 64.1. The summed E-state index contributed by atoms with van der Waals surface area (Å²) in [5, 5.41) is 18.3. The summed E-state index contributed by atoms with van der Waals surface area (Å²) in [4.78, 5) is 81.2. The highest BCUT2D eigenvalue weighted by atomic mass is 16.6. The van der Waals surface area contributed by atoms with Crippen LogP contribution in [0.5, 0.6) is 0 Å². The van der Waals surface area contributed by atoms with Crippen LogP contribution in [0, 0.1) is 0 Å². The molecule has 0 aromatic heterocycles. The van der Waals surface area contributed by atoms with Gasteiger partial charge < -0.3 is 60.6 Å². The standard InChI is InChI=1S/2C36H46N4O5/c2*1-36(2,3)45-35(43)38-24-30-21-23-40(25-31(28-16-9-5-10-17-28)29-18-11-6-12-19-29)33(41)32(39-30)20-13-22-37-34(42)44-26-27-14-7-4-8-15-27/h2*4-12,14-19,30-32,39H,13,20-26H2,1-3H3,(H,37,42)(H,38,43)/t30-,32+;30-,32-/m01/s1. The number of hydrogen-bond acceptors (Lipinski definition) is 12. The lowest BCUT2D eigenvalue weighted by Crippen LogP contribution is -2.49. The molecule has 6 aromatic rings. The van der Waals surface area contributed by atoms with Crippen molar-refractivity contribution in [3.05, 3.63) is 215 Å². The molecule has 6 aromatic carbocycles. The van der Waals surface area contributed by atoms with E-state index in [0.29, 0.717) is 90.9 Å². The highest BCUT2D eigenvalue weighted by Gasteiger charge is 2.35. The molecule has 480 valence electrons. The first-order valence-electron chi connectivity index (χ1n) is 31.5. The number of ether oxygens (including phenoxy) is 4. The normalized spacial score (nSPS) is 17.0. The molecule has 0 aliphatic carbocycles. The minimum atomic E-state index is -0.602. The van der Waals surface area contributed by atoms with Gasteiger partial charge in [-0.15, -0.1) is 0 Å². The third-order valence-corrected chi connectivity index (χ3v) is 15.3. The van der Waals surface area contributed by atoms with Gasteiger partial charge in [0, 0.05) is 76.3 Å². The first-order valence-corrected chi connectivity index (χ1v) is 31.5. The molecule has 18 nitrogen and oxygen atoms in total. The summed E-state index contributed by atoms with van der Waals surface area (Å²) in [6, 6.07) is 58.8. The van der Waals surface area contributed by atoms with Crippen molar-refractivity contribution >= 4 is 36.2 Å². The van der Waals surface area contributed by atoms with E-state index in [4.69, 9.17) is 18.9 Å². The largest absolute Gasteiger partial charge is 0.445 e. The van der Waals surface area contributed by atoms with Crippen molar-refractivity contribution in [2.45, 2.75) is 140 Å². The summed E-state index contributed by atoms with van der Waals surface area (Å²) in [6.45, 7) is 14.9. The van der Waals surface area contributed by atoms with Crippen LogP contribution in [0.3, 0.4) is 0 Å². The van der Waals surface area contributed by atoms with Crippen molar-refractivity contribution in [3.63, 3.8) is 0 Å². The number of rotatable bonds is 24. The molecule has 4 atom stereocenters. The lowest BCUT2D eigenvalue weighted by Gasteiger charge is -2.29. The number of carbonyl (C=O) groups excluding carboxylic acids is 6. The van der Waals surface area contributed by atoms with Gasteiger partial charge in [-0.25, -0.2) is 19.2 Å². The summed E-state index contributed by atoms with van der Waals surface area (Å²) in [7, 11) is 0. The van der Waals surface area contributed by atoms with Crippen LogP contribution in [0.1, 0.15) is 125 Å². The van der Waals surface area contributed by atoms with Crippen LogP contribution in [-0.4, -0.2) is 134 Å². The molecule has 2 heterocycles. The number of nitrogens with zero attached hydrogens (tertiary/aromatic N) is 2. The fraction of sp³-hybridized carbons (Fsp3) is 0.417. The molecule has 0 radical (unpaired) electrons. The SMILES string of the molecule is CC(C)(C)OC(=O)NC[C@@H]1CCN(CC(c2ccccc2)c2ccccc2)C(=O)[C@@H](CCCNC(=O)OCc2ccccc2)N1.CC(C)(C)OC(=O)NC[C@H]1CCN(CC(c2ccccc2)c2ccccc2)C(=O)[C@@H](CCCNC(=O)OCc2ccccc2)N1. The van der Waals surface area contributed by atoms with E-state index in [1.807, 2.05) is 185 Å². The van der Waals surface area contributed by atoms with Gasteiger partial charge in [-0.3, -0.25) is 9.59 Å². The van der Waals surface area contributed by atoms with Gasteiger partial charge in [0.15, 0.2) is 0 Å². The predicted molar refractivity (Wildman–Crippen MR) is 349 cm³/mol. The van der Waals surface area contributed by atoms with Crippen LogP contribution in [0.2, 0.25) is 0 Å². The minimum Gasteiger partial charge on any atom is -0.445 e. The van der Waals surface area contributed by atoms with Gasteiger partial charge >= 0.3 is 24.4 Å². The maximum absolute atomic E-state index is 14.0. The Morgan fingerprint density at radius 1 is 0.444 bits per heavy atom. The smallest absolute Gasteiger partial charge is 0.407 e. The molecule has 6 N–H and O–H groups in total. The van der Waals surface area contributed by atoms with Crippen molar-refractivity contribution in [1.29, 1.82) is 0 Å². The van der Waals surface area contributed by atoms with Gasteiger partial charge in [-0.2, -0.15) is 0 Å². The van der Waals surface area contributed by atoms with Crippen molar-refractivity contribution in [2.24, 2.45) is 0 Å². The lowest BCUT2D eigenvalue weighted by molar-refractivity contribution is -0.133. The Balaban J connectivity index is 0.000000256. The topological polar surface area (TPSA) is 218 Å². The Morgan fingerprint density at radius 3 is 1.04 bits per heavy atom. The first-order chi connectivity index (χ1) is 43.4. The van der Waals surface area contributed by atoms with Crippen LogP contribution < -0.4 is 31.9 Å². The van der Waals surface area contributed by atoms with E-state index in [1.165, 1.54) is 0 Å². The molecule has 8 rings (SSSR count). The molecule has 2 fully saturated rings. The average Bonchev–Trinajstić information content (AvgIpc) is 2.98. The highest BCUT2D eigenvalue weighted by Crippen LogP contribution is 2.29. The van der Waals surface area contributed by atoms with E-state index < -0.39 is 47.7 Å². The Morgan fingerprint density at radius 2 is 0.744 bits per heavy atom. The summed E-state index contributed by atoms with van der Waals surface area (Å²) < 4.78 is 21.5. The van der Waals surface area contributed by atoms with Crippen molar-refractivity contribution in [2.75, 3.05) is 52.4 Å². The maximum atomic E-state index is 14.0. The number of hydrogen-bond donors (Lipinski definition) is 6. The molecule has 0 spiro atoms. The Hall–Kier alpha value is -8.74. The third-order valence-electron chi connectivity index (χ3n) is 15.3. The molecule has 90 heavy (non-hydrogen) atoms. The summed E-state index contributed by atoms with van der Waals surface area (Å²) in [5.74, 6) is 0.0422. The summed E-state index contributed by atoms with van der Waals surface area (Å²) in [5.41, 5.74) is 5.20.